The highest BCUT2D eigenvalue weighted by Crippen LogP contribution is 2.35. The van der Waals surface area contributed by atoms with Gasteiger partial charge in [-0.05, 0) is 87.2 Å². The maximum absolute atomic E-state index is 13.7. The molecular formula is C28H28N2O3. The number of benzene rings is 3. The average molecular weight is 441 g/mol. The molecule has 33 heavy (non-hydrogen) atoms. The van der Waals surface area contributed by atoms with Gasteiger partial charge in [-0.3, -0.25) is 9.59 Å². The summed E-state index contributed by atoms with van der Waals surface area (Å²) in [6.45, 7) is 9.79. The van der Waals surface area contributed by atoms with Crippen LogP contribution < -0.4 is 15.0 Å². The van der Waals surface area contributed by atoms with E-state index in [4.69, 9.17) is 4.74 Å². The third kappa shape index (κ3) is 4.53. The minimum atomic E-state index is -0.370. The van der Waals surface area contributed by atoms with Gasteiger partial charge >= 0.3 is 0 Å². The van der Waals surface area contributed by atoms with Crippen molar-refractivity contribution in [3.8, 4) is 5.75 Å². The molecule has 2 amide bonds. The molecule has 0 aromatic heterocycles. The number of nitrogens with zero attached hydrogens (tertiary/aromatic N) is 1. The lowest BCUT2D eigenvalue weighted by atomic mass is 10.0. The van der Waals surface area contributed by atoms with E-state index in [1.54, 1.807) is 0 Å². The molecule has 0 atom stereocenters. The van der Waals surface area contributed by atoms with Gasteiger partial charge in [0.1, 0.15) is 11.4 Å². The van der Waals surface area contributed by atoms with Crippen molar-refractivity contribution in [3.63, 3.8) is 0 Å². The highest BCUT2D eigenvalue weighted by Gasteiger charge is 2.40. The molecule has 0 bridgehead atoms. The summed E-state index contributed by atoms with van der Waals surface area (Å²) in [6, 6.07) is 20.7. The van der Waals surface area contributed by atoms with E-state index in [0.717, 1.165) is 22.4 Å². The molecule has 1 aliphatic heterocycles. The Bertz CT molecular complexity index is 1240. The highest BCUT2D eigenvalue weighted by molar-refractivity contribution is 6.46. The van der Waals surface area contributed by atoms with Gasteiger partial charge in [0.2, 0.25) is 0 Å². The molecule has 0 spiro atoms. The summed E-state index contributed by atoms with van der Waals surface area (Å²) in [6.07, 6.45) is 0.0445. The van der Waals surface area contributed by atoms with Crippen LogP contribution in [-0.4, -0.2) is 17.9 Å². The topological polar surface area (TPSA) is 58.6 Å². The van der Waals surface area contributed by atoms with E-state index in [9.17, 15) is 9.59 Å². The lowest BCUT2D eigenvalue weighted by molar-refractivity contribution is -0.120. The summed E-state index contributed by atoms with van der Waals surface area (Å²) in [5.74, 6) is -0.00456. The van der Waals surface area contributed by atoms with Crippen molar-refractivity contribution in [1.29, 1.82) is 0 Å². The van der Waals surface area contributed by atoms with Crippen LogP contribution in [0.4, 0.5) is 11.4 Å². The lowest BCUT2D eigenvalue weighted by Gasteiger charge is -2.17. The number of ether oxygens (including phenoxy) is 1. The van der Waals surface area contributed by atoms with Crippen molar-refractivity contribution in [3.05, 3.63) is 94.7 Å². The van der Waals surface area contributed by atoms with Crippen molar-refractivity contribution in [2.24, 2.45) is 0 Å². The summed E-state index contributed by atoms with van der Waals surface area (Å²) < 4.78 is 5.74. The minimum absolute atomic E-state index is 0.0445. The van der Waals surface area contributed by atoms with E-state index >= 15 is 0 Å². The van der Waals surface area contributed by atoms with Gasteiger partial charge in [-0.2, -0.15) is 0 Å². The van der Waals surface area contributed by atoms with Gasteiger partial charge in [-0.1, -0.05) is 36.4 Å². The minimum Gasteiger partial charge on any atom is -0.491 e. The second-order valence-electron chi connectivity index (χ2n) is 8.67. The molecule has 1 N–H and O–H groups in total. The summed E-state index contributed by atoms with van der Waals surface area (Å²) in [5.41, 5.74) is 5.59. The number of carbonyl (C=O) groups excluding carboxylic acids is 2. The smallest absolute Gasteiger partial charge is 0.282 e. The number of para-hydroxylation sites is 1. The van der Waals surface area contributed by atoms with Gasteiger partial charge in [0, 0.05) is 5.69 Å². The Morgan fingerprint density at radius 3 is 2.06 bits per heavy atom. The third-order valence-corrected chi connectivity index (χ3v) is 5.47. The summed E-state index contributed by atoms with van der Waals surface area (Å²) >= 11 is 0. The van der Waals surface area contributed by atoms with Gasteiger partial charge in [0.25, 0.3) is 11.8 Å². The van der Waals surface area contributed by atoms with Crippen LogP contribution in [0.2, 0.25) is 0 Å². The first kappa shape index (κ1) is 22.3. The number of imide groups is 1. The quantitative estimate of drug-likeness (QED) is 0.493. The van der Waals surface area contributed by atoms with Crippen LogP contribution in [0.1, 0.15) is 36.1 Å². The van der Waals surface area contributed by atoms with E-state index in [-0.39, 0.29) is 23.6 Å². The molecule has 168 valence electrons. The van der Waals surface area contributed by atoms with Crippen LogP contribution in [0.5, 0.6) is 5.75 Å². The van der Waals surface area contributed by atoms with Gasteiger partial charge in [-0.15, -0.1) is 0 Å². The van der Waals surface area contributed by atoms with Gasteiger partial charge in [-0.25, -0.2) is 4.90 Å². The molecule has 0 aliphatic carbocycles. The molecule has 0 saturated carbocycles. The van der Waals surface area contributed by atoms with E-state index in [1.165, 1.54) is 4.90 Å². The zero-order chi connectivity index (χ0) is 23.7. The number of hydrogen-bond donors (Lipinski definition) is 1. The van der Waals surface area contributed by atoms with Crippen molar-refractivity contribution in [1.82, 2.24) is 0 Å². The molecule has 5 nitrogen and oxygen atoms in total. The molecule has 5 heteroatoms. The van der Waals surface area contributed by atoms with Crippen LogP contribution in [0.25, 0.3) is 5.57 Å². The Balaban J connectivity index is 1.81. The number of aryl methyl sites for hydroxylation is 3. The van der Waals surface area contributed by atoms with Crippen molar-refractivity contribution >= 4 is 28.8 Å². The standard InChI is InChI=1S/C28H28N2O3/c1-17(2)33-23-12-10-21(11-13-23)25-26(29-24-9-7-6-8-20(24)5)28(32)30(27(25)31)22-15-18(3)14-19(4)16-22/h6-17,29H,1-5H3. The number of hydrogen-bond acceptors (Lipinski definition) is 4. The van der Waals surface area contributed by atoms with Crippen LogP contribution in [0.15, 0.2) is 72.4 Å². The average Bonchev–Trinajstić information content (AvgIpc) is 2.99. The van der Waals surface area contributed by atoms with Crippen LogP contribution in [-0.2, 0) is 9.59 Å². The normalized spacial score (nSPS) is 13.8. The fourth-order valence-electron chi connectivity index (χ4n) is 4.05. The van der Waals surface area contributed by atoms with Crippen molar-refractivity contribution in [2.75, 3.05) is 10.2 Å². The Kier molecular flexibility index (Phi) is 6.05. The largest absolute Gasteiger partial charge is 0.491 e. The van der Waals surface area contributed by atoms with Gasteiger partial charge in [0.05, 0.1) is 17.4 Å². The van der Waals surface area contributed by atoms with E-state index < -0.39 is 0 Å². The van der Waals surface area contributed by atoms with Crippen LogP contribution in [0.3, 0.4) is 0 Å². The van der Waals surface area contributed by atoms with Crippen LogP contribution in [0, 0.1) is 20.8 Å². The number of carbonyl (C=O) groups is 2. The zero-order valence-corrected chi connectivity index (χ0v) is 19.6. The van der Waals surface area contributed by atoms with Gasteiger partial charge in [0.15, 0.2) is 0 Å². The second kappa shape index (κ2) is 8.94. The van der Waals surface area contributed by atoms with Crippen molar-refractivity contribution < 1.29 is 14.3 Å². The Morgan fingerprint density at radius 1 is 0.818 bits per heavy atom. The molecule has 1 aliphatic rings. The number of anilines is 2. The molecule has 0 unspecified atom stereocenters. The maximum atomic E-state index is 13.7. The van der Waals surface area contributed by atoms with E-state index in [2.05, 4.69) is 5.32 Å². The predicted molar refractivity (Wildman–Crippen MR) is 132 cm³/mol. The highest BCUT2D eigenvalue weighted by atomic mass is 16.5. The molecule has 3 aromatic rings. The summed E-state index contributed by atoms with van der Waals surface area (Å²) in [5, 5.41) is 3.25. The number of nitrogens with one attached hydrogen (secondary N) is 1. The lowest BCUT2D eigenvalue weighted by Crippen LogP contribution is -2.32. The SMILES string of the molecule is Cc1cc(C)cc(N2C(=O)C(Nc3ccccc3C)=C(c3ccc(OC(C)C)cc3)C2=O)c1. The third-order valence-electron chi connectivity index (χ3n) is 5.47. The molecule has 0 radical (unpaired) electrons. The van der Waals surface area contributed by atoms with Crippen molar-refractivity contribution in [2.45, 2.75) is 40.7 Å². The molecule has 0 saturated heterocycles. The Morgan fingerprint density at radius 2 is 1.45 bits per heavy atom. The number of amides is 2. The fraction of sp³-hybridized carbons (Fsp3) is 0.214. The van der Waals surface area contributed by atoms with Gasteiger partial charge < -0.3 is 10.1 Å². The molecule has 4 rings (SSSR count). The Hall–Kier alpha value is -3.86. The molecule has 3 aromatic carbocycles. The molecular weight excluding hydrogens is 412 g/mol. The first-order valence-electron chi connectivity index (χ1n) is 11.1. The Labute approximate surface area is 194 Å². The predicted octanol–water partition coefficient (Wildman–Crippen LogP) is 5.80. The van der Waals surface area contributed by atoms with E-state index in [0.29, 0.717) is 22.6 Å². The number of rotatable bonds is 6. The zero-order valence-electron chi connectivity index (χ0n) is 19.6. The summed E-state index contributed by atoms with van der Waals surface area (Å²) in [7, 11) is 0. The molecule has 0 fully saturated rings. The molecule has 1 heterocycles. The first-order chi connectivity index (χ1) is 15.7. The maximum Gasteiger partial charge on any atom is 0.282 e. The van der Waals surface area contributed by atoms with Crippen LogP contribution >= 0.6 is 0 Å². The fourth-order valence-corrected chi connectivity index (χ4v) is 4.05. The summed E-state index contributed by atoms with van der Waals surface area (Å²) in [4.78, 5) is 28.5. The monoisotopic (exact) mass is 440 g/mol. The van der Waals surface area contributed by atoms with E-state index in [1.807, 2.05) is 101 Å². The second-order valence-corrected chi connectivity index (χ2v) is 8.67. The first-order valence-corrected chi connectivity index (χ1v) is 11.1.